The molecular weight excluding hydrogens is 418 g/mol. The number of rotatable bonds is 8. The van der Waals surface area contributed by atoms with Gasteiger partial charge in [0.1, 0.15) is 24.4 Å². The summed E-state index contributed by atoms with van der Waals surface area (Å²) in [5, 5.41) is 38.0. The van der Waals surface area contributed by atoms with Crippen molar-refractivity contribution in [1.82, 2.24) is 16.0 Å². The van der Waals surface area contributed by atoms with E-state index in [1.54, 1.807) is 11.8 Å². The van der Waals surface area contributed by atoms with Crippen LogP contribution in [-0.2, 0) is 19.1 Å². The van der Waals surface area contributed by atoms with E-state index in [1.807, 2.05) is 0 Å². The third kappa shape index (κ3) is 5.35. The van der Waals surface area contributed by atoms with E-state index in [0.717, 1.165) is 18.6 Å². The average Bonchev–Trinajstić information content (AvgIpc) is 3.23. The van der Waals surface area contributed by atoms with Crippen LogP contribution in [0.5, 0.6) is 0 Å². The second kappa shape index (κ2) is 10.1. The monoisotopic (exact) mass is 447 g/mol. The zero-order valence-electron chi connectivity index (χ0n) is 16.7. The molecule has 0 aromatic rings. The summed E-state index contributed by atoms with van der Waals surface area (Å²) >= 11 is 1.80. The highest BCUT2D eigenvalue weighted by molar-refractivity contribution is 8.00. The molecule has 6 N–H and O–H groups in total. The first-order chi connectivity index (χ1) is 14.3. The van der Waals surface area contributed by atoms with Gasteiger partial charge in [-0.2, -0.15) is 11.8 Å². The lowest BCUT2D eigenvalue weighted by Gasteiger charge is -2.41. The molecule has 1 unspecified atom stereocenters. The van der Waals surface area contributed by atoms with E-state index in [2.05, 4.69) is 16.0 Å². The second-order valence-electron chi connectivity index (χ2n) is 7.79. The third-order valence-electron chi connectivity index (χ3n) is 5.56. The predicted octanol–water partition coefficient (Wildman–Crippen LogP) is -1.80. The summed E-state index contributed by atoms with van der Waals surface area (Å²) < 4.78 is 10.7. The summed E-state index contributed by atoms with van der Waals surface area (Å²) in [5.41, 5.74) is 0. The highest BCUT2D eigenvalue weighted by Crippen LogP contribution is 2.33. The van der Waals surface area contributed by atoms with Gasteiger partial charge in [-0.15, -0.1) is 0 Å². The van der Waals surface area contributed by atoms with Crippen LogP contribution in [0, 0.1) is 0 Å². The van der Waals surface area contributed by atoms with Crippen LogP contribution in [0.1, 0.15) is 32.6 Å². The molecule has 0 saturated carbocycles. The van der Waals surface area contributed by atoms with Gasteiger partial charge in [0, 0.05) is 24.3 Å². The topological polar surface area (TPSA) is 166 Å². The van der Waals surface area contributed by atoms with Gasteiger partial charge in [0.05, 0.1) is 18.7 Å². The van der Waals surface area contributed by atoms with Crippen molar-refractivity contribution in [2.75, 3.05) is 12.4 Å². The Bertz CT molecular complexity index is 653. The van der Waals surface area contributed by atoms with Crippen molar-refractivity contribution in [2.24, 2.45) is 0 Å². The van der Waals surface area contributed by atoms with Crippen molar-refractivity contribution in [1.29, 1.82) is 0 Å². The number of aliphatic hydroxyl groups is 3. The quantitative estimate of drug-likeness (QED) is 0.143. The van der Waals surface area contributed by atoms with Gasteiger partial charge in [0.15, 0.2) is 0 Å². The van der Waals surface area contributed by atoms with Crippen LogP contribution >= 0.6 is 11.8 Å². The molecule has 0 spiro atoms. The Morgan fingerprint density at radius 1 is 1.27 bits per heavy atom. The van der Waals surface area contributed by atoms with Crippen molar-refractivity contribution in [3.8, 4) is 0 Å². The van der Waals surface area contributed by atoms with Crippen molar-refractivity contribution in [2.45, 2.75) is 80.6 Å². The molecule has 0 aromatic carbocycles. The van der Waals surface area contributed by atoms with Gasteiger partial charge in [-0.05, 0) is 12.8 Å². The minimum absolute atomic E-state index is 0.116. The Labute approximate surface area is 178 Å². The number of esters is 1. The number of carbonyl (C=O) groups excluding carboxylic acids is 3. The van der Waals surface area contributed by atoms with Gasteiger partial charge in [0.2, 0.25) is 12.2 Å². The van der Waals surface area contributed by atoms with Crippen molar-refractivity contribution in [3.63, 3.8) is 0 Å². The number of hydrogen-bond acceptors (Lipinski definition) is 9. The maximum Gasteiger partial charge on any atom is 0.315 e. The highest BCUT2D eigenvalue weighted by atomic mass is 32.2. The van der Waals surface area contributed by atoms with Crippen molar-refractivity contribution in [3.05, 3.63) is 0 Å². The predicted molar refractivity (Wildman–Crippen MR) is 105 cm³/mol. The molecule has 0 bridgehead atoms. The Kier molecular flexibility index (Phi) is 7.80. The highest BCUT2D eigenvalue weighted by Gasteiger charge is 2.46. The number of ether oxygens (including phenoxy) is 2. The van der Waals surface area contributed by atoms with Gasteiger partial charge >= 0.3 is 12.0 Å². The Balaban J connectivity index is 1.44. The van der Waals surface area contributed by atoms with Crippen molar-refractivity contribution >= 4 is 29.7 Å². The molecule has 3 rings (SSSR count). The van der Waals surface area contributed by atoms with Crippen LogP contribution in [-0.4, -0.2) is 93.6 Å². The zero-order valence-corrected chi connectivity index (χ0v) is 17.5. The minimum atomic E-state index is -1.46. The largest absolute Gasteiger partial charge is 0.433 e. The van der Waals surface area contributed by atoms with Gasteiger partial charge in [0.25, 0.3) is 0 Å². The van der Waals surface area contributed by atoms with E-state index >= 15 is 0 Å². The molecule has 8 atom stereocenters. The molecule has 0 aliphatic carbocycles. The van der Waals surface area contributed by atoms with Crippen LogP contribution in [0.25, 0.3) is 0 Å². The molecule has 12 heteroatoms. The normalized spacial score (nSPS) is 37.8. The number of carbonyl (C=O) groups is 3. The zero-order chi connectivity index (χ0) is 21.8. The molecule has 3 aliphatic heterocycles. The van der Waals surface area contributed by atoms with Gasteiger partial charge in [-0.1, -0.05) is 6.42 Å². The average molecular weight is 448 g/mol. The van der Waals surface area contributed by atoms with E-state index in [9.17, 15) is 29.7 Å². The fraction of sp³-hybridized carbons (Fsp3) is 0.833. The number of unbranched alkanes of at least 4 members (excludes halogenated alkanes) is 1. The molecule has 3 amide bonds. The Morgan fingerprint density at radius 2 is 2.03 bits per heavy atom. The van der Waals surface area contributed by atoms with E-state index < -0.39 is 49.1 Å². The molecule has 11 nitrogen and oxygen atoms in total. The smallest absolute Gasteiger partial charge is 0.315 e. The Morgan fingerprint density at radius 3 is 2.73 bits per heavy atom. The van der Waals surface area contributed by atoms with Crippen LogP contribution < -0.4 is 16.0 Å². The number of fused-ring (bicyclic) bond motifs is 1. The molecule has 30 heavy (non-hydrogen) atoms. The van der Waals surface area contributed by atoms with Gasteiger partial charge in [-0.25, -0.2) is 4.79 Å². The van der Waals surface area contributed by atoms with E-state index in [0.29, 0.717) is 11.7 Å². The SMILES string of the molecule is CC(=O)N[C@H]1[C@H](OC(=O)CCCCC2SC[C@@H]3NC(=O)N[C@H]23)O[C@H](CO)[C@@H](O)[C@@H]1O. The first-order valence-electron chi connectivity index (χ1n) is 10.1. The molecule has 0 aromatic heterocycles. The fourth-order valence-corrected chi connectivity index (χ4v) is 5.56. The number of nitrogens with one attached hydrogen (secondary N) is 3. The summed E-state index contributed by atoms with van der Waals surface area (Å²) in [6.45, 7) is 0.648. The number of hydrogen-bond donors (Lipinski definition) is 6. The molecule has 170 valence electrons. The summed E-state index contributed by atoms with van der Waals surface area (Å²) in [4.78, 5) is 35.1. The van der Waals surface area contributed by atoms with Crippen LogP contribution in [0.15, 0.2) is 0 Å². The standard InChI is InChI=1S/C18H29N3O8S/c1-8(23)19-14-16(26)15(25)10(6-22)28-17(14)29-12(24)5-3-2-4-11-13-9(7-30-11)20-18(27)21-13/h9-11,13-17,22,25-26H,2-7H2,1H3,(H,19,23)(H2,20,21,27)/t9-,10+,11?,13-,14+,15+,16+,17-/m0/s1. The summed E-state index contributed by atoms with van der Waals surface area (Å²) in [6.07, 6.45) is -3.03. The van der Waals surface area contributed by atoms with Crippen LogP contribution in [0.3, 0.4) is 0 Å². The number of thioether (sulfide) groups is 1. The van der Waals surface area contributed by atoms with Crippen molar-refractivity contribution < 1.29 is 39.2 Å². The summed E-state index contributed by atoms with van der Waals surface area (Å²) in [5.74, 6) is -0.178. The van der Waals surface area contributed by atoms with Gasteiger partial charge < -0.3 is 40.7 Å². The second-order valence-corrected chi connectivity index (χ2v) is 9.06. The van der Waals surface area contributed by atoms with Crippen LogP contribution in [0.2, 0.25) is 0 Å². The number of urea groups is 1. The number of aliphatic hydroxyl groups excluding tert-OH is 3. The first-order valence-corrected chi connectivity index (χ1v) is 11.1. The Hall–Kier alpha value is -1.60. The third-order valence-corrected chi connectivity index (χ3v) is 7.06. The lowest BCUT2D eigenvalue weighted by atomic mass is 9.97. The maximum absolute atomic E-state index is 12.3. The summed E-state index contributed by atoms with van der Waals surface area (Å²) in [7, 11) is 0. The van der Waals surface area contributed by atoms with E-state index in [4.69, 9.17) is 9.47 Å². The maximum atomic E-state index is 12.3. The lowest BCUT2D eigenvalue weighted by Crippen LogP contribution is -2.64. The minimum Gasteiger partial charge on any atom is -0.433 e. The number of amides is 3. The van der Waals surface area contributed by atoms with Gasteiger partial charge in [-0.3, -0.25) is 9.59 Å². The molecule has 0 radical (unpaired) electrons. The molecule has 3 fully saturated rings. The molecule has 3 aliphatic rings. The summed E-state index contributed by atoms with van der Waals surface area (Å²) in [6, 6.07) is -0.997. The lowest BCUT2D eigenvalue weighted by molar-refractivity contribution is -0.263. The molecule has 3 heterocycles. The molecule has 3 saturated heterocycles. The van der Waals surface area contributed by atoms with Crippen LogP contribution in [0.4, 0.5) is 4.79 Å². The fourth-order valence-electron chi connectivity index (χ4n) is 4.02. The van der Waals surface area contributed by atoms with E-state index in [1.165, 1.54) is 6.92 Å². The van der Waals surface area contributed by atoms with E-state index in [-0.39, 0.29) is 24.5 Å². The molecular formula is C18H29N3O8S. The first kappa shape index (κ1) is 23.1.